The first-order valence-corrected chi connectivity index (χ1v) is 10.1. The second-order valence-corrected chi connectivity index (χ2v) is 7.97. The molecule has 0 spiro atoms. The van der Waals surface area contributed by atoms with Gasteiger partial charge in [-0.25, -0.2) is 4.98 Å². The first-order valence-electron chi connectivity index (χ1n) is 10.1. The van der Waals surface area contributed by atoms with Gasteiger partial charge in [-0.3, -0.25) is 4.79 Å². The first-order chi connectivity index (χ1) is 13.1. The third-order valence-corrected chi connectivity index (χ3v) is 5.43. The van der Waals surface area contributed by atoms with Crippen molar-refractivity contribution in [2.45, 2.75) is 44.9 Å². The number of amides is 1. The fourth-order valence-corrected chi connectivity index (χ4v) is 3.69. The van der Waals surface area contributed by atoms with Crippen LogP contribution in [-0.2, 0) is 0 Å². The van der Waals surface area contributed by atoms with Gasteiger partial charge in [-0.05, 0) is 37.8 Å². The van der Waals surface area contributed by atoms with Gasteiger partial charge in [0.15, 0.2) is 0 Å². The summed E-state index contributed by atoms with van der Waals surface area (Å²) in [5, 5.41) is 11.4. The standard InChI is InChI=1S/C20H29N5O2/c1-13(2)18-17-15(12-16(14-4-5-14)23-20(17)27-24-18)19(26)22-6-3-9-25-10-7-21-8-11-25/h12-14,21H,3-11H2,1-2H3,(H,22,26). The molecule has 1 amide bonds. The molecule has 0 unspecified atom stereocenters. The van der Waals surface area contributed by atoms with Gasteiger partial charge in [0.25, 0.3) is 11.6 Å². The minimum absolute atomic E-state index is 0.0466. The van der Waals surface area contributed by atoms with Crippen LogP contribution in [0.4, 0.5) is 0 Å². The zero-order chi connectivity index (χ0) is 18.8. The molecule has 2 aromatic rings. The van der Waals surface area contributed by atoms with E-state index in [0.717, 1.165) is 68.8 Å². The van der Waals surface area contributed by atoms with E-state index in [9.17, 15) is 4.79 Å². The smallest absolute Gasteiger partial charge is 0.259 e. The maximum Gasteiger partial charge on any atom is 0.259 e. The highest BCUT2D eigenvalue weighted by Gasteiger charge is 2.29. The van der Waals surface area contributed by atoms with E-state index in [0.29, 0.717) is 23.7 Å². The van der Waals surface area contributed by atoms with Crippen LogP contribution < -0.4 is 10.6 Å². The van der Waals surface area contributed by atoms with E-state index < -0.39 is 0 Å². The van der Waals surface area contributed by atoms with Gasteiger partial charge in [0.2, 0.25) is 0 Å². The second-order valence-electron chi connectivity index (χ2n) is 7.97. The van der Waals surface area contributed by atoms with Crippen molar-refractivity contribution < 1.29 is 9.32 Å². The van der Waals surface area contributed by atoms with Crippen LogP contribution in [0.5, 0.6) is 0 Å². The number of hydrogen-bond donors (Lipinski definition) is 2. The van der Waals surface area contributed by atoms with Crippen LogP contribution in [0.15, 0.2) is 10.6 Å². The van der Waals surface area contributed by atoms with Gasteiger partial charge < -0.3 is 20.1 Å². The highest BCUT2D eigenvalue weighted by molar-refractivity contribution is 6.06. The number of nitrogens with zero attached hydrogens (tertiary/aromatic N) is 3. The van der Waals surface area contributed by atoms with Crippen LogP contribution in [-0.4, -0.2) is 60.2 Å². The molecule has 1 saturated carbocycles. The third-order valence-electron chi connectivity index (χ3n) is 5.43. The summed E-state index contributed by atoms with van der Waals surface area (Å²) in [5.41, 5.74) is 2.92. The number of carbonyl (C=O) groups is 1. The van der Waals surface area contributed by atoms with Gasteiger partial charge in [0, 0.05) is 44.3 Å². The summed E-state index contributed by atoms with van der Waals surface area (Å²) in [6, 6.07) is 1.95. The number of piperazine rings is 1. The van der Waals surface area contributed by atoms with Crippen LogP contribution in [0.25, 0.3) is 11.1 Å². The van der Waals surface area contributed by atoms with E-state index in [1.807, 2.05) is 6.07 Å². The van der Waals surface area contributed by atoms with Crippen LogP contribution in [0.2, 0.25) is 0 Å². The largest absolute Gasteiger partial charge is 0.352 e. The van der Waals surface area contributed by atoms with Crippen molar-refractivity contribution in [2.75, 3.05) is 39.3 Å². The molecule has 146 valence electrons. The van der Waals surface area contributed by atoms with Crippen molar-refractivity contribution in [2.24, 2.45) is 0 Å². The van der Waals surface area contributed by atoms with Crippen molar-refractivity contribution >= 4 is 17.0 Å². The first kappa shape index (κ1) is 18.4. The molecule has 7 heteroatoms. The quantitative estimate of drug-likeness (QED) is 0.727. The number of carbonyl (C=O) groups excluding carboxylic acids is 1. The van der Waals surface area contributed by atoms with Gasteiger partial charge in [0.1, 0.15) is 0 Å². The summed E-state index contributed by atoms with van der Waals surface area (Å²) in [4.78, 5) is 20.0. The molecule has 1 aliphatic heterocycles. The maximum atomic E-state index is 12.9. The zero-order valence-corrected chi connectivity index (χ0v) is 16.3. The predicted octanol–water partition coefficient (Wildman–Crippen LogP) is 2.25. The maximum absolute atomic E-state index is 12.9. The van der Waals surface area contributed by atoms with Crippen LogP contribution in [0.3, 0.4) is 0 Å². The molecule has 7 nitrogen and oxygen atoms in total. The van der Waals surface area contributed by atoms with E-state index in [2.05, 4.69) is 39.5 Å². The summed E-state index contributed by atoms with van der Waals surface area (Å²) in [6.45, 7) is 10.1. The molecule has 0 atom stereocenters. The van der Waals surface area contributed by atoms with Crippen molar-refractivity contribution in [3.63, 3.8) is 0 Å². The number of fused-ring (bicyclic) bond motifs is 1. The van der Waals surface area contributed by atoms with Crippen molar-refractivity contribution in [1.82, 2.24) is 25.7 Å². The lowest BCUT2D eigenvalue weighted by Crippen LogP contribution is -2.44. The number of nitrogens with one attached hydrogen (secondary N) is 2. The highest BCUT2D eigenvalue weighted by atomic mass is 16.5. The summed E-state index contributed by atoms with van der Waals surface area (Å²) in [6.07, 6.45) is 3.22. The third kappa shape index (κ3) is 4.14. The SMILES string of the molecule is CC(C)c1noc2nc(C3CC3)cc(C(=O)NCCCN3CCNCC3)c12. The highest BCUT2D eigenvalue weighted by Crippen LogP contribution is 2.41. The number of rotatable bonds is 7. The minimum Gasteiger partial charge on any atom is -0.352 e. The number of pyridine rings is 1. The Morgan fingerprint density at radius 1 is 1.37 bits per heavy atom. The number of aromatic nitrogens is 2. The van der Waals surface area contributed by atoms with Crippen LogP contribution in [0, 0.1) is 0 Å². The zero-order valence-electron chi connectivity index (χ0n) is 16.3. The molecule has 2 fully saturated rings. The molecule has 2 N–H and O–H groups in total. The summed E-state index contributed by atoms with van der Waals surface area (Å²) in [7, 11) is 0. The van der Waals surface area contributed by atoms with E-state index >= 15 is 0 Å². The van der Waals surface area contributed by atoms with Gasteiger partial charge in [-0.1, -0.05) is 19.0 Å². The molecule has 2 aromatic heterocycles. The second kappa shape index (κ2) is 7.94. The molecule has 2 aliphatic rings. The topological polar surface area (TPSA) is 83.3 Å². The van der Waals surface area contributed by atoms with Crippen molar-refractivity contribution in [3.8, 4) is 0 Å². The van der Waals surface area contributed by atoms with Crippen LogP contribution >= 0.6 is 0 Å². The fourth-order valence-electron chi connectivity index (χ4n) is 3.69. The monoisotopic (exact) mass is 371 g/mol. The van der Waals surface area contributed by atoms with Gasteiger partial charge in [0.05, 0.1) is 16.6 Å². The molecular weight excluding hydrogens is 342 g/mol. The Morgan fingerprint density at radius 2 is 2.15 bits per heavy atom. The average Bonchev–Trinajstić information content (AvgIpc) is 3.44. The molecule has 3 heterocycles. The van der Waals surface area contributed by atoms with Gasteiger partial charge in [-0.2, -0.15) is 0 Å². The van der Waals surface area contributed by atoms with Gasteiger partial charge >= 0.3 is 0 Å². The Morgan fingerprint density at radius 3 is 2.85 bits per heavy atom. The summed E-state index contributed by atoms with van der Waals surface area (Å²) < 4.78 is 5.47. The van der Waals surface area contributed by atoms with Gasteiger partial charge in [-0.15, -0.1) is 0 Å². The lowest BCUT2D eigenvalue weighted by atomic mass is 10.0. The molecule has 1 aliphatic carbocycles. The van der Waals surface area contributed by atoms with E-state index in [-0.39, 0.29) is 11.8 Å². The summed E-state index contributed by atoms with van der Waals surface area (Å²) in [5.74, 6) is 0.593. The Kier molecular flexibility index (Phi) is 5.41. The molecular formula is C20H29N5O2. The summed E-state index contributed by atoms with van der Waals surface area (Å²) >= 11 is 0. The Balaban J connectivity index is 1.47. The minimum atomic E-state index is -0.0466. The normalized spacial score (nSPS) is 18.3. The fraction of sp³-hybridized carbons (Fsp3) is 0.650. The Bertz CT molecular complexity index is 806. The molecule has 1 saturated heterocycles. The Hall–Kier alpha value is -1.99. The Labute approximate surface area is 159 Å². The average molecular weight is 371 g/mol. The molecule has 0 aromatic carbocycles. The lowest BCUT2D eigenvalue weighted by molar-refractivity contribution is 0.0952. The van der Waals surface area contributed by atoms with E-state index in [1.165, 1.54) is 0 Å². The lowest BCUT2D eigenvalue weighted by Gasteiger charge is -2.27. The van der Waals surface area contributed by atoms with E-state index in [1.54, 1.807) is 0 Å². The van der Waals surface area contributed by atoms with E-state index in [4.69, 9.17) is 4.52 Å². The number of hydrogen-bond acceptors (Lipinski definition) is 6. The predicted molar refractivity (Wildman–Crippen MR) is 104 cm³/mol. The molecule has 0 radical (unpaired) electrons. The molecule has 0 bridgehead atoms. The van der Waals surface area contributed by atoms with Crippen LogP contribution in [0.1, 0.15) is 66.7 Å². The van der Waals surface area contributed by atoms with Crippen molar-refractivity contribution in [3.05, 3.63) is 23.0 Å². The molecule has 27 heavy (non-hydrogen) atoms. The molecule has 4 rings (SSSR count). The van der Waals surface area contributed by atoms with Crippen molar-refractivity contribution in [1.29, 1.82) is 0 Å².